The summed E-state index contributed by atoms with van der Waals surface area (Å²) in [5.74, 6) is 1.12. The average Bonchev–Trinajstić information content (AvgIpc) is 3.14. The molecule has 0 unspecified atom stereocenters. The Morgan fingerprint density at radius 1 is 1.07 bits per heavy atom. The molecule has 0 radical (unpaired) electrons. The predicted octanol–water partition coefficient (Wildman–Crippen LogP) is 2.51. The van der Waals surface area contributed by atoms with E-state index in [9.17, 15) is 4.79 Å². The van der Waals surface area contributed by atoms with Crippen LogP contribution in [0.25, 0.3) is 5.78 Å². The first-order chi connectivity index (χ1) is 13.5. The van der Waals surface area contributed by atoms with Crippen LogP contribution in [0.15, 0.2) is 36.5 Å². The molecule has 0 saturated carbocycles. The fraction of sp³-hybridized carbons (Fsp3) is 0.429. The molecule has 0 aliphatic carbocycles. The normalized spacial score (nSPS) is 15.5. The lowest BCUT2D eigenvalue weighted by Gasteiger charge is -2.34. The van der Waals surface area contributed by atoms with Crippen molar-refractivity contribution in [2.75, 3.05) is 26.2 Å². The minimum Gasteiger partial charge on any atom is -0.333 e. The topological polar surface area (TPSA) is 66.6 Å². The van der Waals surface area contributed by atoms with E-state index in [4.69, 9.17) is 0 Å². The molecule has 1 saturated heterocycles. The van der Waals surface area contributed by atoms with Crippen LogP contribution in [0.3, 0.4) is 0 Å². The summed E-state index contributed by atoms with van der Waals surface area (Å²) in [5.41, 5.74) is 3.58. The van der Waals surface area contributed by atoms with Gasteiger partial charge in [-0.25, -0.2) is 9.50 Å². The molecular formula is C21H26N6O. The summed E-state index contributed by atoms with van der Waals surface area (Å²) in [6, 6.07) is 10.7. The molecule has 4 rings (SSSR count). The van der Waals surface area contributed by atoms with Crippen LogP contribution in [0.4, 0.5) is 0 Å². The van der Waals surface area contributed by atoms with Gasteiger partial charge in [0.1, 0.15) is 0 Å². The maximum atomic E-state index is 12.8. The SMILES string of the molecule is Cc1ccnc2nc(C(=O)N3CCN(Cc4ccc(C(C)C)cc4)CC3)nn12. The molecule has 0 N–H and O–H groups in total. The minimum atomic E-state index is -0.120. The van der Waals surface area contributed by atoms with Crippen molar-refractivity contribution in [2.24, 2.45) is 0 Å². The number of fused-ring (bicyclic) bond motifs is 1. The second kappa shape index (κ2) is 7.67. The van der Waals surface area contributed by atoms with Gasteiger partial charge in [0.25, 0.3) is 11.7 Å². The lowest BCUT2D eigenvalue weighted by atomic mass is 10.0. The predicted molar refractivity (Wildman–Crippen MR) is 107 cm³/mol. The van der Waals surface area contributed by atoms with Crippen molar-refractivity contribution in [3.63, 3.8) is 0 Å². The highest BCUT2D eigenvalue weighted by Crippen LogP contribution is 2.16. The lowest BCUT2D eigenvalue weighted by molar-refractivity contribution is 0.0617. The zero-order valence-corrected chi connectivity index (χ0v) is 16.7. The number of rotatable bonds is 4. The van der Waals surface area contributed by atoms with Gasteiger partial charge in [0.05, 0.1) is 0 Å². The summed E-state index contributed by atoms with van der Waals surface area (Å²) in [6.07, 6.45) is 1.68. The van der Waals surface area contributed by atoms with Gasteiger partial charge in [-0.1, -0.05) is 38.1 Å². The van der Waals surface area contributed by atoms with E-state index in [2.05, 4.69) is 58.1 Å². The van der Waals surface area contributed by atoms with Crippen LogP contribution in [-0.4, -0.2) is 61.5 Å². The Kier molecular flexibility index (Phi) is 5.09. The Hall–Kier alpha value is -2.80. The molecule has 1 aromatic carbocycles. The number of aryl methyl sites for hydroxylation is 1. The quantitative estimate of drug-likeness (QED) is 0.698. The van der Waals surface area contributed by atoms with Crippen molar-refractivity contribution in [2.45, 2.75) is 33.2 Å². The smallest absolute Gasteiger partial charge is 0.293 e. The Morgan fingerprint density at radius 2 is 1.79 bits per heavy atom. The van der Waals surface area contributed by atoms with Crippen molar-refractivity contribution < 1.29 is 4.79 Å². The molecule has 1 amide bonds. The lowest BCUT2D eigenvalue weighted by Crippen LogP contribution is -2.48. The van der Waals surface area contributed by atoms with Crippen LogP contribution in [-0.2, 0) is 6.54 Å². The van der Waals surface area contributed by atoms with E-state index >= 15 is 0 Å². The molecule has 0 spiro atoms. The zero-order chi connectivity index (χ0) is 19.7. The second-order valence-electron chi connectivity index (χ2n) is 7.70. The van der Waals surface area contributed by atoms with Crippen LogP contribution >= 0.6 is 0 Å². The first-order valence-corrected chi connectivity index (χ1v) is 9.80. The van der Waals surface area contributed by atoms with E-state index in [1.807, 2.05) is 17.9 Å². The van der Waals surface area contributed by atoms with Gasteiger partial charge in [-0.2, -0.15) is 4.98 Å². The fourth-order valence-electron chi connectivity index (χ4n) is 3.51. The molecular weight excluding hydrogens is 352 g/mol. The van der Waals surface area contributed by atoms with Gasteiger partial charge in [-0.3, -0.25) is 9.69 Å². The third kappa shape index (κ3) is 3.75. The van der Waals surface area contributed by atoms with E-state index in [1.165, 1.54) is 11.1 Å². The number of nitrogens with zero attached hydrogens (tertiary/aromatic N) is 6. The Morgan fingerprint density at radius 3 is 2.43 bits per heavy atom. The molecule has 28 heavy (non-hydrogen) atoms. The van der Waals surface area contributed by atoms with Crippen molar-refractivity contribution in [1.29, 1.82) is 0 Å². The maximum absolute atomic E-state index is 12.8. The molecule has 1 aliphatic rings. The number of carbonyl (C=O) groups excluding carboxylic acids is 1. The number of carbonyl (C=O) groups is 1. The highest BCUT2D eigenvalue weighted by Gasteiger charge is 2.25. The number of hydrogen-bond acceptors (Lipinski definition) is 5. The number of benzene rings is 1. The molecule has 1 aliphatic heterocycles. The highest BCUT2D eigenvalue weighted by molar-refractivity contribution is 5.91. The molecule has 1 fully saturated rings. The molecule has 3 heterocycles. The summed E-state index contributed by atoms with van der Waals surface area (Å²) < 4.78 is 1.62. The highest BCUT2D eigenvalue weighted by atomic mass is 16.2. The van der Waals surface area contributed by atoms with Crippen LogP contribution in [0.1, 0.15) is 47.2 Å². The minimum absolute atomic E-state index is 0.120. The molecule has 7 nitrogen and oxygen atoms in total. The maximum Gasteiger partial charge on any atom is 0.293 e. The third-order valence-electron chi connectivity index (χ3n) is 5.33. The summed E-state index contributed by atoms with van der Waals surface area (Å²) >= 11 is 0. The van der Waals surface area contributed by atoms with E-state index in [1.54, 1.807) is 10.7 Å². The van der Waals surface area contributed by atoms with Gasteiger partial charge in [0.2, 0.25) is 5.82 Å². The fourth-order valence-corrected chi connectivity index (χ4v) is 3.51. The Balaban J connectivity index is 1.36. The first kappa shape index (κ1) is 18.6. The molecule has 2 aromatic heterocycles. The van der Waals surface area contributed by atoms with Crippen LogP contribution in [0.5, 0.6) is 0 Å². The zero-order valence-electron chi connectivity index (χ0n) is 16.7. The van der Waals surface area contributed by atoms with Crippen molar-refractivity contribution >= 4 is 11.7 Å². The second-order valence-corrected chi connectivity index (χ2v) is 7.70. The van der Waals surface area contributed by atoms with E-state index in [0.717, 1.165) is 25.3 Å². The Labute approximate surface area is 165 Å². The Bertz CT molecular complexity index is 970. The third-order valence-corrected chi connectivity index (χ3v) is 5.33. The van der Waals surface area contributed by atoms with Gasteiger partial charge in [-0.15, -0.1) is 5.10 Å². The molecule has 0 atom stereocenters. The van der Waals surface area contributed by atoms with Gasteiger partial charge in [0, 0.05) is 44.6 Å². The first-order valence-electron chi connectivity index (χ1n) is 9.80. The van der Waals surface area contributed by atoms with E-state index in [-0.39, 0.29) is 11.7 Å². The number of hydrogen-bond donors (Lipinski definition) is 0. The standard InChI is InChI=1S/C21H26N6O/c1-15(2)18-6-4-17(5-7-18)14-25-10-12-26(13-11-25)20(28)19-23-21-22-9-8-16(3)27(21)24-19/h4-9,15H,10-14H2,1-3H3. The molecule has 3 aromatic rings. The molecule has 146 valence electrons. The average molecular weight is 378 g/mol. The van der Waals surface area contributed by atoms with Crippen molar-refractivity contribution in [3.05, 3.63) is 59.2 Å². The summed E-state index contributed by atoms with van der Waals surface area (Å²) in [4.78, 5) is 25.5. The number of aromatic nitrogens is 4. The monoisotopic (exact) mass is 378 g/mol. The summed E-state index contributed by atoms with van der Waals surface area (Å²) in [6.45, 7) is 10.3. The van der Waals surface area contributed by atoms with Crippen molar-refractivity contribution in [1.82, 2.24) is 29.4 Å². The summed E-state index contributed by atoms with van der Waals surface area (Å²) in [5, 5.41) is 4.33. The van der Waals surface area contributed by atoms with E-state index < -0.39 is 0 Å². The summed E-state index contributed by atoms with van der Waals surface area (Å²) in [7, 11) is 0. The van der Waals surface area contributed by atoms with Crippen molar-refractivity contribution in [3.8, 4) is 0 Å². The van der Waals surface area contributed by atoms with Crippen LogP contribution < -0.4 is 0 Å². The number of piperazine rings is 1. The van der Waals surface area contributed by atoms with Crippen LogP contribution in [0.2, 0.25) is 0 Å². The number of amides is 1. The van der Waals surface area contributed by atoms with Gasteiger partial charge in [-0.05, 0) is 30.0 Å². The van der Waals surface area contributed by atoms with Crippen LogP contribution in [0, 0.1) is 6.92 Å². The van der Waals surface area contributed by atoms with Gasteiger partial charge < -0.3 is 4.90 Å². The van der Waals surface area contributed by atoms with Gasteiger partial charge >= 0.3 is 0 Å². The largest absolute Gasteiger partial charge is 0.333 e. The van der Waals surface area contributed by atoms with E-state index in [0.29, 0.717) is 24.8 Å². The molecule has 0 bridgehead atoms. The van der Waals surface area contributed by atoms with Gasteiger partial charge in [0.15, 0.2) is 0 Å². The molecule has 7 heteroatoms.